The Bertz CT molecular complexity index is 308. The molecule has 0 atom stereocenters. The summed E-state index contributed by atoms with van der Waals surface area (Å²) < 4.78 is -0.0983. The zero-order valence-electron chi connectivity index (χ0n) is 8.44. The highest BCUT2D eigenvalue weighted by Crippen LogP contribution is 2.24. The first-order valence-electron chi connectivity index (χ1n) is 4.24. The SMILES string of the molecule is CC(C)(C)SC(=O)Nc1ncccn1. The monoisotopic (exact) mass is 211 g/mol. The normalized spacial score (nSPS) is 11.1. The fourth-order valence-corrected chi connectivity index (χ4v) is 1.46. The van der Waals surface area contributed by atoms with Gasteiger partial charge in [-0.25, -0.2) is 9.97 Å². The summed E-state index contributed by atoms with van der Waals surface area (Å²) in [5.74, 6) is 0.342. The van der Waals surface area contributed by atoms with Crippen LogP contribution in [-0.4, -0.2) is 20.0 Å². The number of nitrogens with zero attached hydrogens (tertiary/aromatic N) is 2. The smallest absolute Gasteiger partial charge is 0.285 e. The van der Waals surface area contributed by atoms with E-state index in [1.165, 1.54) is 11.8 Å². The van der Waals surface area contributed by atoms with Crippen LogP contribution in [0.15, 0.2) is 18.5 Å². The highest BCUT2D eigenvalue weighted by Gasteiger charge is 2.17. The van der Waals surface area contributed by atoms with Gasteiger partial charge < -0.3 is 0 Å². The number of nitrogens with one attached hydrogen (secondary N) is 1. The summed E-state index contributed by atoms with van der Waals surface area (Å²) in [5, 5.41) is 2.46. The van der Waals surface area contributed by atoms with Gasteiger partial charge in [0.15, 0.2) is 0 Å². The number of aromatic nitrogens is 2. The van der Waals surface area contributed by atoms with Crippen molar-refractivity contribution in [2.75, 3.05) is 5.32 Å². The maximum absolute atomic E-state index is 11.4. The second-order valence-corrected chi connectivity index (χ2v) is 5.50. The minimum atomic E-state index is -0.135. The van der Waals surface area contributed by atoms with Crippen LogP contribution in [0.5, 0.6) is 0 Å². The van der Waals surface area contributed by atoms with E-state index in [1.54, 1.807) is 18.5 Å². The Morgan fingerprint density at radius 3 is 2.43 bits per heavy atom. The lowest BCUT2D eigenvalue weighted by Gasteiger charge is -2.15. The van der Waals surface area contributed by atoms with Gasteiger partial charge >= 0.3 is 0 Å². The van der Waals surface area contributed by atoms with Crippen LogP contribution in [0.4, 0.5) is 10.7 Å². The molecule has 0 bridgehead atoms. The molecule has 1 N–H and O–H groups in total. The van der Waals surface area contributed by atoms with Crippen LogP contribution >= 0.6 is 11.8 Å². The van der Waals surface area contributed by atoms with Gasteiger partial charge in [0.25, 0.3) is 5.24 Å². The third-order valence-corrected chi connectivity index (χ3v) is 2.08. The maximum Gasteiger partial charge on any atom is 0.286 e. The number of anilines is 1. The molecule has 0 saturated heterocycles. The second kappa shape index (κ2) is 4.41. The fourth-order valence-electron chi connectivity index (χ4n) is 0.759. The summed E-state index contributed by atoms with van der Waals surface area (Å²) in [6, 6.07) is 1.70. The molecule has 0 aromatic carbocycles. The van der Waals surface area contributed by atoms with Crippen LogP contribution in [0.1, 0.15) is 20.8 Å². The molecule has 0 saturated carbocycles. The highest BCUT2D eigenvalue weighted by molar-refractivity contribution is 8.15. The van der Waals surface area contributed by atoms with Crippen molar-refractivity contribution in [3.05, 3.63) is 18.5 Å². The van der Waals surface area contributed by atoms with Crippen molar-refractivity contribution in [1.82, 2.24) is 9.97 Å². The topological polar surface area (TPSA) is 54.9 Å². The van der Waals surface area contributed by atoms with Gasteiger partial charge in [-0.2, -0.15) is 0 Å². The Kier molecular flexibility index (Phi) is 3.46. The second-order valence-electron chi connectivity index (χ2n) is 3.70. The predicted octanol–water partition coefficient (Wildman–Crippen LogP) is 2.54. The summed E-state index contributed by atoms with van der Waals surface area (Å²) in [4.78, 5) is 19.2. The number of amides is 1. The van der Waals surface area contributed by atoms with Crippen molar-refractivity contribution in [3.8, 4) is 0 Å². The molecule has 0 spiro atoms. The lowest BCUT2D eigenvalue weighted by atomic mass is 10.3. The van der Waals surface area contributed by atoms with Gasteiger partial charge in [0, 0.05) is 17.1 Å². The number of rotatable bonds is 1. The third-order valence-electron chi connectivity index (χ3n) is 1.18. The summed E-state index contributed by atoms with van der Waals surface area (Å²) in [5.41, 5.74) is 0. The lowest BCUT2D eigenvalue weighted by molar-refractivity contribution is 0.269. The van der Waals surface area contributed by atoms with Crippen molar-refractivity contribution in [2.45, 2.75) is 25.5 Å². The van der Waals surface area contributed by atoms with Gasteiger partial charge in [-0.3, -0.25) is 10.1 Å². The Balaban J connectivity index is 2.50. The molecule has 14 heavy (non-hydrogen) atoms. The zero-order valence-corrected chi connectivity index (χ0v) is 9.26. The Hall–Kier alpha value is -1.10. The third kappa shape index (κ3) is 4.23. The standard InChI is InChI=1S/C9H13N3OS/c1-9(2,3)14-8(13)12-7-10-5-4-6-11-7/h4-6H,1-3H3,(H,10,11,12,13). The first kappa shape index (κ1) is 11.0. The number of carbonyl (C=O) groups excluding carboxylic acids is 1. The molecule has 0 unspecified atom stereocenters. The molecule has 5 heteroatoms. The van der Waals surface area contributed by atoms with Crippen LogP contribution in [0.3, 0.4) is 0 Å². The highest BCUT2D eigenvalue weighted by atomic mass is 32.2. The van der Waals surface area contributed by atoms with E-state index in [1.807, 2.05) is 20.8 Å². The van der Waals surface area contributed by atoms with Gasteiger partial charge in [-0.15, -0.1) is 0 Å². The van der Waals surface area contributed by atoms with E-state index < -0.39 is 0 Å². The minimum Gasteiger partial charge on any atom is -0.285 e. The summed E-state index contributed by atoms with van der Waals surface area (Å²) in [6.07, 6.45) is 3.18. The van der Waals surface area contributed by atoms with Crippen LogP contribution in [0.25, 0.3) is 0 Å². The lowest BCUT2D eigenvalue weighted by Crippen LogP contribution is -2.17. The molecule has 1 aromatic heterocycles. The summed E-state index contributed by atoms with van der Waals surface area (Å²) in [7, 11) is 0. The molecule has 4 nitrogen and oxygen atoms in total. The van der Waals surface area contributed by atoms with Gasteiger partial charge in [0.2, 0.25) is 5.95 Å². The molecule has 1 rings (SSSR count). The van der Waals surface area contributed by atoms with Crippen molar-refractivity contribution in [2.24, 2.45) is 0 Å². The molecular formula is C9H13N3OS. The largest absolute Gasteiger partial charge is 0.286 e. The molecular weight excluding hydrogens is 198 g/mol. The van der Waals surface area contributed by atoms with Crippen LogP contribution < -0.4 is 5.32 Å². The van der Waals surface area contributed by atoms with Crippen molar-refractivity contribution < 1.29 is 4.79 Å². The molecule has 0 fully saturated rings. The molecule has 76 valence electrons. The molecule has 1 heterocycles. The number of hydrogen-bond donors (Lipinski definition) is 1. The van der Waals surface area contributed by atoms with Crippen LogP contribution in [0, 0.1) is 0 Å². The average molecular weight is 211 g/mol. The van der Waals surface area contributed by atoms with Crippen LogP contribution in [0.2, 0.25) is 0 Å². The Labute approximate surface area is 87.5 Å². The Morgan fingerprint density at radius 2 is 1.93 bits per heavy atom. The molecule has 1 amide bonds. The quantitative estimate of drug-likeness (QED) is 0.775. The van der Waals surface area contributed by atoms with E-state index in [-0.39, 0.29) is 9.99 Å². The number of hydrogen-bond acceptors (Lipinski definition) is 4. The predicted molar refractivity (Wildman–Crippen MR) is 58.4 cm³/mol. The molecule has 0 aliphatic heterocycles. The molecule has 0 aliphatic rings. The van der Waals surface area contributed by atoms with Crippen LogP contribution in [-0.2, 0) is 0 Å². The zero-order chi connectivity index (χ0) is 10.6. The number of carbonyl (C=O) groups is 1. The fraction of sp³-hybridized carbons (Fsp3) is 0.444. The van der Waals surface area contributed by atoms with Gasteiger partial charge in [-0.05, 0) is 6.07 Å². The average Bonchev–Trinajstić information content (AvgIpc) is 2.02. The van der Waals surface area contributed by atoms with Gasteiger partial charge in [0.05, 0.1) is 0 Å². The van der Waals surface area contributed by atoms with Crippen molar-refractivity contribution in [1.29, 1.82) is 0 Å². The van der Waals surface area contributed by atoms with Crippen molar-refractivity contribution >= 4 is 22.9 Å². The maximum atomic E-state index is 11.4. The molecule has 0 radical (unpaired) electrons. The van der Waals surface area contributed by atoms with E-state index in [9.17, 15) is 4.79 Å². The van der Waals surface area contributed by atoms with E-state index in [0.29, 0.717) is 5.95 Å². The minimum absolute atomic E-state index is 0.0983. The van der Waals surface area contributed by atoms with Crippen molar-refractivity contribution in [3.63, 3.8) is 0 Å². The summed E-state index contributed by atoms with van der Waals surface area (Å²) >= 11 is 1.22. The first-order chi connectivity index (χ1) is 6.47. The van der Waals surface area contributed by atoms with E-state index in [0.717, 1.165) is 0 Å². The van der Waals surface area contributed by atoms with E-state index in [4.69, 9.17) is 0 Å². The number of thioether (sulfide) groups is 1. The Morgan fingerprint density at radius 1 is 1.36 bits per heavy atom. The molecule has 0 aliphatic carbocycles. The van der Waals surface area contributed by atoms with E-state index in [2.05, 4.69) is 15.3 Å². The van der Waals surface area contributed by atoms with Gasteiger partial charge in [-0.1, -0.05) is 32.5 Å². The summed E-state index contributed by atoms with van der Waals surface area (Å²) in [6.45, 7) is 5.93. The molecule has 1 aromatic rings. The van der Waals surface area contributed by atoms with Gasteiger partial charge in [0.1, 0.15) is 0 Å². The van der Waals surface area contributed by atoms with E-state index >= 15 is 0 Å². The first-order valence-corrected chi connectivity index (χ1v) is 5.06.